The minimum Gasteiger partial charge on any atom is -0.377 e. The van der Waals surface area contributed by atoms with E-state index in [9.17, 15) is 5.11 Å². The largest absolute Gasteiger partial charge is 0.377 e. The fourth-order valence-electron chi connectivity index (χ4n) is 6.86. The van der Waals surface area contributed by atoms with Gasteiger partial charge in [0.05, 0.1) is 6.10 Å². The number of hydrogen-bond donors (Lipinski definition) is 1. The van der Waals surface area contributed by atoms with Crippen LogP contribution < -0.4 is 3.71 Å². The fourth-order valence-corrected chi connectivity index (χ4v) is 14.9. The summed E-state index contributed by atoms with van der Waals surface area (Å²) in [5, 5.41) is 10.5. The monoisotopic (exact) mass is 729 g/mol. The van der Waals surface area contributed by atoms with Crippen molar-refractivity contribution < 1.29 is 28.2 Å². The van der Waals surface area contributed by atoms with Crippen molar-refractivity contribution in [2.24, 2.45) is 5.92 Å². The molecule has 1 saturated heterocycles. The molecule has 2 rings (SSSR count). The first-order chi connectivity index (χ1) is 20.1. The molecule has 9 heteroatoms. The second-order valence-corrected chi connectivity index (χ2v) is 34.3. The van der Waals surface area contributed by atoms with E-state index in [1.54, 1.807) is 14.2 Å². The van der Waals surface area contributed by atoms with Crippen LogP contribution >= 0.6 is 0 Å². The first kappa shape index (κ1) is 38.7. The Balaban J connectivity index is 2.58. The molecule has 0 aliphatic carbocycles. The van der Waals surface area contributed by atoms with Crippen molar-refractivity contribution in [3.8, 4) is 0 Å². The van der Waals surface area contributed by atoms with Gasteiger partial charge in [0.25, 0.3) is 0 Å². The number of methoxy groups -OCH3 is 2. The maximum absolute atomic E-state index is 10.5. The first-order valence-corrected chi connectivity index (χ1v) is 28.6. The van der Waals surface area contributed by atoms with E-state index in [2.05, 4.69) is 88.4 Å². The Morgan fingerprint density at radius 2 is 1.77 bits per heavy atom. The van der Waals surface area contributed by atoms with Crippen LogP contribution in [0.4, 0.5) is 0 Å². The molecule has 1 aromatic rings. The van der Waals surface area contributed by atoms with Crippen LogP contribution in [0, 0.1) is 5.92 Å². The Morgan fingerprint density at radius 1 is 1.14 bits per heavy atom. The summed E-state index contributed by atoms with van der Waals surface area (Å²) >= 11 is -2.40. The molecule has 0 bridgehead atoms. The summed E-state index contributed by atoms with van der Waals surface area (Å²) in [7, 11) is 1.17. The van der Waals surface area contributed by atoms with Gasteiger partial charge >= 0.3 is 232 Å². The zero-order valence-electron chi connectivity index (χ0n) is 29.5. The Morgan fingerprint density at radius 3 is 2.23 bits per heavy atom. The molecular formula is C34H63NO6SiSn. The summed E-state index contributed by atoms with van der Waals surface area (Å²) in [5.41, 5.74) is 2.36. The third-order valence-electron chi connectivity index (χ3n) is 9.19. The van der Waals surface area contributed by atoms with Crippen LogP contribution in [-0.4, -0.2) is 81.7 Å². The van der Waals surface area contributed by atoms with Crippen LogP contribution in [0.2, 0.25) is 31.4 Å². The normalized spacial score (nSPS) is 24.1. The second kappa shape index (κ2) is 16.9. The number of rotatable bonds is 17. The maximum Gasteiger partial charge on any atom is 0.0363 e. The van der Waals surface area contributed by atoms with Crippen molar-refractivity contribution in [2.45, 2.75) is 143 Å². The molecule has 5 atom stereocenters. The van der Waals surface area contributed by atoms with Crippen molar-refractivity contribution in [3.63, 3.8) is 0 Å². The van der Waals surface area contributed by atoms with Crippen LogP contribution in [0.25, 0.3) is 0 Å². The van der Waals surface area contributed by atoms with Crippen LogP contribution in [-0.2, 0) is 25.1 Å². The molecule has 1 aliphatic heterocycles. The predicted molar refractivity (Wildman–Crippen MR) is 182 cm³/mol. The molecular weight excluding hydrogens is 665 g/mol. The molecule has 0 unspecified atom stereocenters. The van der Waals surface area contributed by atoms with Gasteiger partial charge < -0.3 is 4.74 Å². The molecule has 2 heterocycles. The maximum atomic E-state index is 10.5. The van der Waals surface area contributed by atoms with E-state index in [-0.39, 0.29) is 30.8 Å². The fraction of sp³-hybridized carbons (Fsp3) is 0.794. The number of nitrogens with zero attached hydrogens (tertiary/aromatic N) is 1. The quantitative estimate of drug-likeness (QED) is 0.130. The standard InChI is InChI=1S/C31H54NO6Si.3CH3.Sn/c1-11-12-27(34-9)14-13-25(8)17-29(38-39(22(2)3,23(4)5)24(6)7)28-18-26(21-33)19-31(35-10,37-28)20-30-32-15-16-36-30;;;;/h13-14,16-17,22-24,26-29,33H,11-12,18-21H2,1-10H3;3*1H3;/b14-13+,25-17+;;;;/t26-,27-,28-,29+,31+;;;;/m1..../s1. The van der Waals surface area contributed by atoms with Gasteiger partial charge in [0.1, 0.15) is 0 Å². The first-order valence-electron chi connectivity index (χ1n) is 16.4. The summed E-state index contributed by atoms with van der Waals surface area (Å²) < 4.78 is 33.3. The van der Waals surface area contributed by atoms with Crippen LogP contribution in [0.15, 0.2) is 34.5 Å². The Kier molecular flexibility index (Phi) is 15.2. The number of aliphatic hydroxyl groups is 1. The van der Waals surface area contributed by atoms with Gasteiger partial charge in [-0.15, -0.1) is 0 Å². The van der Waals surface area contributed by atoms with E-state index in [1.165, 1.54) is 0 Å². The van der Waals surface area contributed by atoms with Crippen molar-refractivity contribution in [1.29, 1.82) is 0 Å². The summed E-state index contributed by atoms with van der Waals surface area (Å²) in [6.07, 6.45) is 11.5. The van der Waals surface area contributed by atoms with Crippen molar-refractivity contribution in [3.05, 3.63) is 36.0 Å². The third-order valence-corrected chi connectivity index (χ3v) is 20.3. The van der Waals surface area contributed by atoms with Crippen LogP contribution in [0.1, 0.15) is 87.0 Å². The van der Waals surface area contributed by atoms with Gasteiger partial charge in [-0.2, -0.15) is 0 Å². The molecule has 0 aromatic carbocycles. The van der Waals surface area contributed by atoms with E-state index in [4.69, 9.17) is 28.0 Å². The molecule has 1 aliphatic rings. The summed E-state index contributed by atoms with van der Waals surface area (Å²) in [6.45, 7) is 18.2. The van der Waals surface area contributed by atoms with E-state index < -0.39 is 32.5 Å². The Bertz CT molecular complexity index is 1010. The smallest absolute Gasteiger partial charge is 0.0363 e. The number of aliphatic hydroxyl groups excluding tert-OH is 1. The minimum absolute atomic E-state index is 0.000847. The van der Waals surface area contributed by atoms with Gasteiger partial charge in [-0.25, -0.2) is 0 Å². The minimum atomic E-state index is -2.40. The predicted octanol–water partition coefficient (Wildman–Crippen LogP) is 7.77. The van der Waals surface area contributed by atoms with E-state index >= 15 is 0 Å². The number of hydrogen-bond acceptors (Lipinski definition) is 7. The number of aromatic nitrogens is 1. The molecule has 1 fully saturated rings. The second-order valence-electron chi connectivity index (χ2n) is 14.5. The van der Waals surface area contributed by atoms with E-state index in [0.29, 0.717) is 41.8 Å². The number of allylic oxidation sites excluding steroid dienone is 2. The molecule has 7 nitrogen and oxygen atoms in total. The zero-order chi connectivity index (χ0) is 32.6. The van der Waals surface area contributed by atoms with E-state index in [1.807, 2.05) is 6.26 Å². The molecule has 1 N–H and O–H groups in total. The van der Waals surface area contributed by atoms with Crippen molar-refractivity contribution in [2.75, 3.05) is 20.8 Å². The molecule has 0 radical (unpaired) electrons. The number of oxazole rings is 1. The van der Waals surface area contributed by atoms with Gasteiger partial charge in [-0.1, -0.05) is 13.3 Å². The molecule has 0 amide bonds. The van der Waals surface area contributed by atoms with Gasteiger partial charge in [0.2, 0.25) is 0 Å². The topological polar surface area (TPSA) is 83.2 Å². The molecule has 248 valence electrons. The Hall–Kier alpha value is -0.494. The average molecular weight is 729 g/mol. The zero-order valence-corrected chi connectivity index (χ0v) is 33.4. The van der Waals surface area contributed by atoms with Gasteiger partial charge in [-0.05, 0) is 6.42 Å². The number of ether oxygens (including phenoxy) is 3. The molecule has 0 saturated carbocycles. The molecule has 0 spiro atoms. The van der Waals surface area contributed by atoms with E-state index in [0.717, 1.165) is 22.1 Å². The summed E-state index contributed by atoms with van der Waals surface area (Å²) in [5.74, 6) is -0.337. The summed E-state index contributed by atoms with van der Waals surface area (Å²) in [6, 6.07) is 0. The third kappa shape index (κ3) is 10.2. The SMILES string of the molecule is CCC[C@H](/C=C/C(C)=C/[C@H](O[Si](C(C)C)(C(C)C)C(C)C)[C@H]1C[C@@H](CO)C[C@](Cc2n[c]([Sn]([CH3])([CH3])[CH3])co2)(OC)O1)OC. The van der Waals surface area contributed by atoms with Crippen molar-refractivity contribution in [1.82, 2.24) is 4.98 Å². The summed E-state index contributed by atoms with van der Waals surface area (Å²) in [4.78, 5) is 11.9. The average Bonchev–Trinajstić information content (AvgIpc) is 3.41. The molecule has 43 heavy (non-hydrogen) atoms. The Labute approximate surface area is 268 Å². The van der Waals surface area contributed by atoms with Gasteiger partial charge in [0.15, 0.2) is 0 Å². The van der Waals surface area contributed by atoms with Crippen LogP contribution in [0.3, 0.4) is 0 Å². The van der Waals surface area contributed by atoms with Crippen LogP contribution in [0.5, 0.6) is 0 Å². The van der Waals surface area contributed by atoms with Crippen molar-refractivity contribution >= 4 is 30.4 Å². The van der Waals surface area contributed by atoms with Gasteiger partial charge in [-0.3, -0.25) is 0 Å². The van der Waals surface area contributed by atoms with Gasteiger partial charge in [0, 0.05) is 7.11 Å². The molecule has 1 aromatic heterocycles.